The average molecular weight is 635 g/mol. The average Bonchev–Trinajstić information content (AvgIpc) is 3.53. The number of rotatable bonds is 8. The standard InChI is InChI=1S/C22H23N3O.C13H14F3NO3/c1-13-24-21(25-26-13)22(2,12-14-7-8-14)19-10-9-17-16-6-4-3-5-15(16)11-18(17)20(19)23;1-7(13(14,15)16)20-11-5-10(12(18)19)17-6-9(11)8-3-2-4-8/h3-6,9-10,14H,7-8,11-12,23H2,1-2H3;5-8H,2-4H2,1H3,(H,18,19)/t;7-/m.0/s1. The lowest BCUT2D eigenvalue weighted by Crippen LogP contribution is -2.32. The molecule has 0 saturated heterocycles. The molecule has 0 spiro atoms. The fourth-order valence-electron chi connectivity index (χ4n) is 6.41. The summed E-state index contributed by atoms with van der Waals surface area (Å²) >= 11 is 0. The van der Waals surface area contributed by atoms with Gasteiger partial charge in [-0.15, -0.1) is 0 Å². The second-order valence-corrected chi connectivity index (χ2v) is 12.8. The minimum Gasteiger partial charge on any atom is -0.481 e. The Bertz CT molecular complexity index is 1760. The summed E-state index contributed by atoms with van der Waals surface area (Å²) in [6.45, 7) is 4.96. The molecule has 0 bridgehead atoms. The highest BCUT2D eigenvalue weighted by Crippen LogP contribution is 2.49. The lowest BCUT2D eigenvalue weighted by molar-refractivity contribution is -0.189. The molecule has 0 aliphatic heterocycles. The largest absolute Gasteiger partial charge is 0.481 e. The second kappa shape index (κ2) is 12.1. The van der Waals surface area contributed by atoms with Gasteiger partial charge in [0.05, 0.1) is 5.41 Å². The maximum Gasteiger partial charge on any atom is 0.425 e. The van der Waals surface area contributed by atoms with E-state index in [1.54, 1.807) is 0 Å². The van der Waals surface area contributed by atoms with Gasteiger partial charge in [0.1, 0.15) is 5.75 Å². The summed E-state index contributed by atoms with van der Waals surface area (Å²) in [4.78, 5) is 19.2. The van der Waals surface area contributed by atoms with Crippen molar-refractivity contribution in [2.24, 2.45) is 5.92 Å². The lowest BCUT2D eigenvalue weighted by Gasteiger charge is -2.29. The van der Waals surface area contributed by atoms with E-state index in [9.17, 15) is 18.0 Å². The van der Waals surface area contributed by atoms with Gasteiger partial charge in [0, 0.05) is 36.9 Å². The number of halogens is 3. The zero-order valence-electron chi connectivity index (χ0n) is 26.0. The number of pyridine rings is 1. The number of hydrogen-bond donors (Lipinski definition) is 2. The lowest BCUT2D eigenvalue weighted by atomic mass is 9.75. The van der Waals surface area contributed by atoms with E-state index in [1.165, 1.54) is 41.3 Å². The third-order valence-electron chi connectivity index (χ3n) is 9.47. The van der Waals surface area contributed by atoms with Gasteiger partial charge in [-0.05, 0) is 72.8 Å². The molecule has 8 nitrogen and oxygen atoms in total. The Hall–Kier alpha value is -4.41. The molecule has 3 aliphatic rings. The topological polar surface area (TPSA) is 124 Å². The number of nitrogens with zero attached hydrogens (tertiary/aromatic N) is 3. The number of ether oxygens (including phenoxy) is 1. The van der Waals surface area contributed by atoms with E-state index >= 15 is 0 Å². The van der Waals surface area contributed by atoms with Crippen LogP contribution >= 0.6 is 0 Å². The van der Waals surface area contributed by atoms with Gasteiger partial charge in [-0.2, -0.15) is 18.2 Å². The second-order valence-electron chi connectivity index (χ2n) is 12.8. The molecule has 11 heteroatoms. The van der Waals surface area contributed by atoms with Gasteiger partial charge >= 0.3 is 12.1 Å². The fraction of sp³-hybridized carbons (Fsp3) is 0.429. The van der Waals surface area contributed by atoms with E-state index in [-0.39, 0.29) is 22.8 Å². The maximum atomic E-state index is 12.6. The van der Waals surface area contributed by atoms with Crippen molar-refractivity contribution in [3.63, 3.8) is 0 Å². The number of fused-ring (bicyclic) bond motifs is 3. The Morgan fingerprint density at radius 2 is 1.87 bits per heavy atom. The van der Waals surface area contributed by atoms with E-state index in [0.717, 1.165) is 68.1 Å². The highest BCUT2D eigenvalue weighted by molar-refractivity contribution is 5.86. The van der Waals surface area contributed by atoms with E-state index in [2.05, 4.69) is 58.4 Å². The first-order chi connectivity index (χ1) is 21.8. The van der Waals surface area contributed by atoms with Crippen molar-refractivity contribution < 1.29 is 32.3 Å². The first-order valence-electron chi connectivity index (χ1n) is 15.6. The molecule has 7 rings (SSSR count). The van der Waals surface area contributed by atoms with Crippen LogP contribution < -0.4 is 10.5 Å². The van der Waals surface area contributed by atoms with Crippen LogP contribution in [-0.4, -0.2) is 38.5 Å². The van der Waals surface area contributed by atoms with Crippen molar-refractivity contribution in [1.82, 2.24) is 15.1 Å². The van der Waals surface area contributed by atoms with Crippen molar-refractivity contribution >= 4 is 11.7 Å². The Kier molecular flexibility index (Phi) is 8.29. The Morgan fingerprint density at radius 3 is 2.48 bits per heavy atom. The number of nitrogens with two attached hydrogens (primary N) is 1. The number of nitrogen functional groups attached to an aromatic ring is 1. The van der Waals surface area contributed by atoms with E-state index in [1.807, 2.05) is 6.92 Å². The summed E-state index contributed by atoms with van der Waals surface area (Å²) in [5, 5.41) is 13.1. The summed E-state index contributed by atoms with van der Waals surface area (Å²) in [6.07, 6.45) is 2.00. The quantitative estimate of drug-likeness (QED) is 0.165. The molecule has 2 fully saturated rings. The molecule has 3 aliphatic carbocycles. The van der Waals surface area contributed by atoms with Gasteiger partial charge in [-0.3, -0.25) is 0 Å². The fourth-order valence-corrected chi connectivity index (χ4v) is 6.41. The first-order valence-corrected chi connectivity index (χ1v) is 15.6. The van der Waals surface area contributed by atoms with E-state index in [4.69, 9.17) is 20.1 Å². The zero-order valence-corrected chi connectivity index (χ0v) is 26.0. The monoisotopic (exact) mass is 634 g/mol. The smallest absolute Gasteiger partial charge is 0.425 e. The van der Waals surface area contributed by atoms with Crippen LogP contribution in [0.1, 0.15) is 103 Å². The van der Waals surface area contributed by atoms with Crippen LogP contribution in [0.4, 0.5) is 18.9 Å². The summed E-state index contributed by atoms with van der Waals surface area (Å²) < 4.78 is 47.9. The van der Waals surface area contributed by atoms with Crippen LogP contribution in [0.2, 0.25) is 0 Å². The molecule has 3 N–H and O–H groups in total. The molecule has 46 heavy (non-hydrogen) atoms. The van der Waals surface area contributed by atoms with Gasteiger partial charge < -0.3 is 20.1 Å². The molecule has 2 atom stereocenters. The van der Waals surface area contributed by atoms with Crippen LogP contribution in [0, 0.1) is 12.8 Å². The zero-order chi connectivity index (χ0) is 32.8. The summed E-state index contributed by atoms with van der Waals surface area (Å²) in [7, 11) is 0. The third kappa shape index (κ3) is 6.19. The van der Waals surface area contributed by atoms with Crippen LogP contribution in [0.15, 0.2) is 53.2 Å². The van der Waals surface area contributed by atoms with E-state index < -0.39 is 18.2 Å². The molecule has 1 unspecified atom stereocenters. The number of aromatic nitrogens is 3. The van der Waals surface area contributed by atoms with Crippen LogP contribution in [0.5, 0.6) is 5.75 Å². The predicted molar refractivity (Wildman–Crippen MR) is 166 cm³/mol. The van der Waals surface area contributed by atoms with Crippen LogP contribution in [0.25, 0.3) is 11.1 Å². The predicted octanol–water partition coefficient (Wildman–Crippen LogP) is 8.01. The first kappa shape index (κ1) is 31.6. The van der Waals surface area contributed by atoms with Crippen LogP contribution in [-0.2, 0) is 11.8 Å². The molecule has 4 aromatic rings. The molecule has 0 radical (unpaired) electrons. The highest BCUT2D eigenvalue weighted by Gasteiger charge is 2.42. The summed E-state index contributed by atoms with van der Waals surface area (Å²) in [5.41, 5.74) is 13.9. The number of aryl methyl sites for hydroxylation is 1. The van der Waals surface area contributed by atoms with Crippen molar-refractivity contribution in [3.8, 4) is 16.9 Å². The van der Waals surface area contributed by atoms with Crippen molar-refractivity contribution in [2.75, 3.05) is 5.73 Å². The van der Waals surface area contributed by atoms with Crippen LogP contribution in [0.3, 0.4) is 0 Å². The number of aromatic carboxylic acids is 1. The number of carbonyl (C=O) groups is 1. The normalized spacial score (nSPS) is 17.5. The number of carboxylic acids is 1. The van der Waals surface area contributed by atoms with Gasteiger partial charge in [0.25, 0.3) is 0 Å². The van der Waals surface area contributed by atoms with Crippen molar-refractivity contribution in [3.05, 3.63) is 88.3 Å². The van der Waals surface area contributed by atoms with Gasteiger partial charge in [0.15, 0.2) is 17.6 Å². The maximum absolute atomic E-state index is 12.6. The minimum absolute atomic E-state index is 0.0353. The molecule has 2 heterocycles. The highest BCUT2D eigenvalue weighted by atomic mass is 19.4. The molecule has 2 aromatic heterocycles. The minimum atomic E-state index is -4.50. The third-order valence-corrected chi connectivity index (χ3v) is 9.47. The number of hydrogen-bond acceptors (Lipinski definition) is 7. The van der Waals surface area contributed by atoms with Crippen molar-refractivity contribution in [2.45, 2.75) is 89.3 Å². The van der Waals surface area contributed by atoms with Gasteiger partial charge in [-0.1, -0.05) is 60.8 Å². The Morgan fingerprint density at radius 1 is 1.13 bits per heavy atom. The molecule has 2 saturated carbocycles. The Labute approximate surface area is 265 Å². The van der Waals surface area contributed by atoms with Gasteiger partial charge in [0.2, 0.25) is 5.89 Å². The SMILES string of the molecule is C[C@H](Oc1cc(C(=O)O)ncc1C1CCC1)C(F)(F)F.Cc1nc(C(C)(CC2CC2)c2ccc3c(c2N)Cc2ccccc2-3)no1. The number of carboxylic acid groups (broad SMARTS) is 1. The number of anilines is 1. The molecule has 2 aromatic carbocycles. The van der Waals surface area contributed by atoms with Crippen molar-refractivity contribution in [1.29, 1.82) is 0 Å². The molecular weight excluding hydrogens is 597 g/mol. The number of benzene rings is 2. The molecule has 242 valence electrons. The molecular formula is C35H37F3N4O4. The summed E-state index contributed by atoms with van der Waals surface area (Å²) in [5.74, 6) is 0.851. The molecule has 0 amide bonds. The summed E-state index contributed by atoms with van der Waals surface area (Å²) in [6, 6.07) is 14.1. The van der Waals surface area contributed by atoms with E-state index in [0.29, 0.717) is 11.5 Å². The number of alkyl halides is 3. The Balaban J connectivity index is 0.000000168. The van der Waals surface area contributed by atoms with Gasteiger partial charge in [-0.25, -0.2) is 9.78 Å².